The highest BCUT2D eigenvalue weighted by atomic mass is 19.4. The van der Waals surface area contributed by atoms with E-state index < -0.39 is 11.6 Å². The fourth-order valence-electron chi connectivity index (χ4n) is 4.03. The lowest BCUT2D eigenvalue weighted by molar-refractivity contribution is -0.173. The Kier molecular flexibility index (Phi) is 6.85. The number of aryl methyl sites for hydroxylation is 4. The first kappa shape index (κ1) is 25.4. The number of hydrogen-bond donors (Lipinski definition) is 0. The largest absolute Gasteiger partial charge is 0.457 e. The lowest BCUT2D eigenvalue weighted by Crippen LogP contribution is -2.40. The van der Waals surface area contributed by atoms with Gasteiger partial charge in [0.15, 0.2) is 0 Å². The van der Waals surface area contributed by atoms with Gasteiger partial charge in [0, 0.05) is 0 Å². The minimum atomic E-state index is -4.51. The van der Waals surface area contributed by atoms with E-state index in [-0.39, 0.29) is 11.1 Å². The molecule has 0 atom stereocenters. The molecule has 186 valence electrons. The van der Waals surface area contributed by atoms with Gasteiger partial charge < -0.3 is 9.47 Å². The Morgan fingerprint density at radius 2 is 0.806 bits per heavy atom. The maximum absolute atomic E-state index is 14.5. The van der Waals surface area contributed by atoms with Crippen LogP contribution >= 0.6 is 0 Å². The summed E-state index contributed by atoms with van der Waals surface area (Å²) < 4.78 is 55.1. The molecule has 0 radical (unpaired) electrons. The second-order valence-corrected chi connectivity index (χ2v) is 9.37. The molecule has 0 aliphatic rings. The summed E-state index contributed by atoms with van der Waals surface area (Å²) >= 11 is 0. The fourth-order valence-corrected chi connectivity index (χ4v) is 4.03. The molecule has 0 aromatic heterocycles. The minimum Gasteiger partial charge on any atom is -0.457 e. The van der Waals surface area contributed by atoms with Crippen molar-refractivity contribution in [3.05, 3.63) is 118 Å². The van der Waals surface area contributed by atoms with E-state index in [0.29, 0.717) is 23.0 Å². The number of alkyl halides is 3. The molecular weight excluding hydrogens is 461 g/mol. The first-order valence-corrected chi connectivity index (χ1v) is 11.8. The van der Waals surface area contributed by atoms with E-state index in [0.717, 1.165) is 22.3 Å². The first-order chi connectivity index (χ1) is 17.0. The fraction of sp³-hybridized carbons (Fsp3) is 0.226. The molecule has 0 fully saturated rings. The SMILES string of the molecule is Cc1ccc(Oc2ccc(C(C)(c3ccc(Oc4ccc(C)c(C)c4)cc3)C(F)(F)F)cc2)cc1C. The Labute approximate surface area is 210 Å². The summed E-state index contributed by atoms with van der Waals surface area (Å²) in [7, 11) is 0. The van der Waals surface area contributed by atoms with Gasteiger partial charge in [-0.2, -0.15) is 13.2 Å². The van der Waals surface area contributed by atoms with Crippen molar-refractivity contribution in [3.63, 3.8) is 0 Å². The van der Waals surface area contributed by atoms with Crippen LogP contribution in [0.1, 0.15) is 40.3 Å². The molecule has 4 rings (SSSR count). The van der Waals surface area contributed by atoms with Crippen LogP contribution < -0.4 is 9.47 Å². The maximum atomic E-state index is 14.5. The molecule has 2 nitrogen and oxygen atoms in total. The van der Waals surface area contributed by atoms with E-state index >= 15 is 0 Å². The third kappa shape index (κ3) is 5.11. The van der Waals surface area contributed by atoms with Gasteiger partial charge >= 0.3 is 6.18 Å². The summed E-state index contributed by atoms with van der Waals surface area (Å²) in [5.74, 6) is 2.24. The van der Waals surface area contributed by atoms with Crippen LogP contribution in [-0.2, 0) is 5.41 Å². The van der Waals surface area contributed by atoms with Crippen LogP contribution in [0.4, 0.5) is 13.2 Å². The van der Waals surface area contributed by atoms with Crippen molar-refractivity contribution in [2.45, 2.75) is 46.2 Å². The molecule has 0 amide bonds. The molecule has 36 heavy (non-hydrogen) atoms. The molecule has 0 unspecified atom stereocenters. The summed E-state index contributed by atoms with van der Waals surface area (Å²) in [5, 5.41) is 0. The first-order valence-electron chi connectivity index (χ1n) is 11.8. The normalized spacial score (nSPS) is 11.9. The Hall–Kier alpha value is -3.73. The maximum Gasteiger partial charge on any atom is 0.402 e. The average Bonchev–Trinajstić information content (AvgIpc) is 2.83. The molecule has 0 bridgehead atoms. The van der Waals surface area contributed by atoms with E-state index in [1.165, 1.54) is 31.2 Å². The van der Waals surface area contributed by atoms with Crippen LogP contribution in [0.15, 0.2) is 84.9 Å². The van der Waals surface area contributed by atoms with Crippen LogP contribution in [0.3, 0.4) is 0 Å². The highest BCUT2D eigenvalue weighted by molar-refractivity contribution is 5.46. The van der Waals surface area contributed by atoms with Crippen LogP contribution in [-0.4, -0.2) is 6.18 Å². The standard InChI is InChI=1S/C31H29F3O2/c1-20-6-12-28(18-22(20)3)35-26-14-8-24(9-15-26)30(5,31(32,33)34)25-10-16-27(17-11-25)36-29-13-7-21(2)23(4)19-29/h6-19H,1-5H3. The molecule has 0 aliphatic heterocycles. The monoisotopic (exact) mass is 490 g/mol. The second kappa shape index (κ2) is 9.73. The molecule has 0 heterocycles. The second-order valence-electron chi connectivity index (χ2n) is 9.37. The van der Waals surface area contributed by atoms with Crippen molar-refractivity contribution in [2.75, 3.05) is 0 Å². The zero-order chi connectivity index (χ0) is 26.1. The van der Waals surface area contributed by atoms with Gasteiger partial charge in [-0.15, -0.1) is 0 Å². The van der Waals surface area contributed by atoms with Crippen molar-refractivity contribution in [2.24, 2.45) is 0 Å². The predicted octanol–water partition coefficient (Wildman–Crippen LogP) is 9.37. The molecule has 0 saturated heterocycles. The van der Waals surface area contributed by atoms with Gasteiger partial charge in [-0.1, -0.05) is 36.4 Å². The summed E-state index contributed by atoms with van der Waals surface area (Å²) in [4.78, 5) is 0. The molecule has 0 N–H and O–H groups in total. The number of halogens is 3. The highest BCUT2D eigenvalue weighted by Gasteiger charge is 2.53. The third-order valence-electron chi connectivity index (χ3n) is 6.86. The molecule has 4 aromatic carbocycles. The van der Waals surface area contributed by atoms with Crippen molar-refractivity contribution in [3.8, 4) is 23.0 Å². The zero-order valence-corrected chi connectivity index (χ0v) is 21.0. The lowest BCUT2D eigenvalue weighted by atomic mass is 9.75. The summed E-state index contributed by atoms with van der Waals surface area (Å²) in [5.41, 5.74) is 2.51. The molecule has 4 aromatic rings. The third-order valence-corrected chi connectivity index (χ3v) is 6.86. The van der Waals surface area contributed by atoms with Gasteiger partial charge in [-0.05, 0) is 117 Å². The Balaban J connectivity index is 1.59. The van der Waals surface area contributed by atoms with Gasteiger partial charge in [0.05, 0.1) is 0 Å². The van der Waals surface area contributed by atoms with E-state index in [1.54, 1.807) is 24.3 Å². The van der Waals surface area contributed by atoms with Crippen LogP contribution in [0.2, 0.25) is 0 Å². The Morgan fingerprint density at radius 3 is 1.11 bits per heavy atom. The smallest absolute Gasteiger partial charge is 0.402 e. The Morgan fingerprint density at radius 1 is 0.472 bits per heavy atom. The van der Waals surface area contributed by atoms with E-state index in [9.17, 15) is 13.2 Å². The quantitative estimate of drug-likeness (QED) is 0.268. The van der Waals surface area contributed by atoms with E-state index in [2.05, 4.69) is 0 Å². The number of hydrogen-bond acceptors (Lipinski definition) is 2. The molecule has 0 saturated carbocycles. The van der Waals surface area contributed by atoms with Crippen molar-refractivity contribution < 1.29 is 22.6 Å². The number of rotatable bonds is 6. The minimum absolute atomic E-state index is 0.130. The van der Waals surface area contributed by atoms with Gasteiger partial charge in [-0.25, -0.2) is 0 Å². The zero-order valence-electron chi connectivity index (χ0n) is 21.0. The molecule has 0 aliphatic carbocycles. The van der Waals surface area contributed by atoms with Gasteiger partial charge in [0.25, 0.3) is 0 Å². The summed E-state index contributed by atoms with van der Waals surface area (Å²) in [6, 6.07) is 23.6. The molecular formula is C31H29F3O2. The van der Waals surface area contributed by atoms with Gasteiger partial charge in [0.1, 0.15) is 28.4 Å². The number of ether oxygens (including phenoxy) is 2. The van der Waals surface area contributed by atoms with Gasteiger partial charge in [0.2, 0.25) is 0 Å². The molecule has 0 spiro atoms. The summed E-state index contributed by atoms with van der Waals surface area (Å²) in [6.45, 7) is 9.18. The number of benzene rings is 4. The predicted molar refractivity (Wildman–Crippen MR) is 137 cm³/mol. The van der Waals surface area contributed by atoms with E-state index in [4.69, 9.17) is 9.47 Å². The topological polar surface area (TPSA) is 18.5 Å². The van der Waals surface area contributed by atoms with Crippen LogP contribution in [0.25, 0.3) is 0 Å². The van der Waals surface area contributed by atoms with E-state index in [1.807, 2.05) is 64.1 Å². The lowest BCUT2D eigenvalue weighted by Gasteiger charge is -2.33. The van der Waals surface area contributed by atoms with Crippen molar-refractivity contribution in [1.82, 2.24) is 0 Å². The highest BCUT2D eigenvalue weighted by Crippen LogP contribution is 2.47. The average molecular weight is 491 g/mol. The molecule has 5 heteroatoms. The van der Waals surface area contributed by atoms with Gasteiger partial charge in [-0.3, -0.25) is 0 Å². The van der Waals surface area contributed by atoms with Crippen LogP contribution in [0.5, 0.6) is 23.0 Å². The Bertz CT molecular complexity index is 1260. The van der Waals surface area contributed by atoms with Crippen molar-refractivity contribution >= 4 is 0 Å². The van der Waals surface area contributed by atoms with Crippen molar-refractivity contribution in [1.29, 1.82) is 0 Å². The van der Waals surface area contributed by atoms with Crippen LogP contribution in [0, 0.1) is 27.7 Å². The summed E-state index contributed by atoms with van der Waals surface area (Å²) in [6.07, 6.45) is -4.51.